The van der Waals surface area contributed by atoms with Crippen LogP contribution in [-0.2, 0) is 0 Å². The summed E-state index contributed by atoms with van der Waals surface area (Å²) in [4.78, 5) is 26.8. The number of aliphatic hydroxyl groups is 1. The summed E-state index contributed by atoms with van der Waals surface area (Å²) < 4.78 is 5.38. The van der Waals surface area contributed by atoms with E-state index in [1.807, 2.05) is 48.5 Å². The van der Waals surface area contributed by atoms with Crippen molar-refractivity contribution in [3.63, 3.8) is 0 Å². The number of aromatic hydroxyl groups is 1. The second kappa shape index (κ2) is 10.7. The van der Waals surface area contributed by atoms with Gasteiger partial charge >= 0.3 is 0 Å². The van der Waals surface area contributed by atoms with Gasteiger partial charge in [-0.3, -0.25) is 4.79 Å². The Balaban J connectivity index is 1.37. The number of hydrogen-bond donors (Lipinski definition) is 3. The molecular weight excluding hydrogens is 480 g/mol. The van der Waals surface area contributed by atoms with Crippen molar-refractivity contribution in [3.05, 3.63) is 96.2 Å². The average Bonchev–Trinajstić information content (AvgIpc) is 3.39. The van der Waals surface area contributed by atoms with Gasteiger partial charge < -0.3 is 24.8 Å². The summed E-state index contributed by atoms with van der Waals surface area (Å²) in [7, 11) is 3.28. The molecular formula is C30H28N4O4. The van der Waals surface area contributed by atoms with Crippen LogP contribution in [0.5, 0.6) is 11.6 Å². The minimum atomic E-state index is -0.641. The molecule has 0 aliphatic rings. The highest BCUT2D eigenvalue weighted by molar-refractivity contribution is 5.97. The number of aromatic nitrogens is 3. The van der Waals surface area contributed by atoms with Gasteiger partial charge in [0.05, 0.1) is 29.8 Å². The minimum Gasteiger partial charge on any atom is -0.507 e. The summed E-state index contributed by atoms with van der Waals surface area (Å²) in [6.07, 6.45) is 1.45. The smallest absolute Gasteiger partial charge is 0.253 e. The number of ether oxygens (including phenoxy) is 1. The maximum absolute atomic E-state index is 13.1. The first-order valence-corrected chi connectivity index (χ1v) is 12.3. The zero-order valence-corrected chi connectivity index (χ0v) is 21.1. The molecule has 1 atom stereocenters. The summed E-state index contributed by atoms with van der Waals surface area (Å²) in [5.74, 6) is 0.873. The van der Waals surface area contributed by atoms with Crippen molar-refractivity contribution in [2.75, 3.05) is 20.7 Å². The van der Waals surface area contributed by atoms with E-state index in [9.17, 15) is 15.0 Å². The van der Waals surface area contributed by atoms with E-state index in [4.69, 9.17) is 4.74 Å². The van der Waals surface area contributed by atoms with E-state index < -0.39 is 6.10 Å². The molecule has 1 unspecified atom stereocenters. The lowest BCUT2D eigenvalue weighted by atomic mass is 10.0. The lowest BCUT2D eigenvalue weighted by molar-refractivity contribution is 0.0761. The highest BCUT2D eigenvalue weighted by Crippen LogP contribution is 2.35. The van der Waals surface area contributed by atoms with Gasteiger partial charge in [0.15, 0.2) is 0 Å². The quantitative estimate of drug-likeness (QED) is 0.266. The highest BCUT2D eigenvalue weighted by Gasteiger charge is 2.17. The molecule has 38 heavy (non-hydrogen) atoms. The van der Waals surface area contributed by atoms with E-state index in [-0.39, 0.29) is 11.7 Å². The number of amides is 1. The monoisotopic (exact) mass is 508 g/mol. The molecule has 3 aromatic carbocycles. The van der Waals surface area contributed by atoms with E-state index in [1.54, 1.807) is 55.6 Å². The van der Waals surface area contributed by atoms with Gasteiger partial charge in [0.25, 0.3) is 5.91 Å². The number of rotatable bonds is 8. The van der Waals surface area contributed by atoms with E-state index in [2.05, 4.69) is 15.0 Å². The summed E-state index contributed by atoms with van der Waals surface area (Å²) >= 11 is 0. The number of H-pyrrole nitrogens is 1. The third-order valence-corrected chi connectivity index (χ3v) is 6.53. The van der Waals surface area contributed by atoms with E-state index >= 15 is 0 Å². The number of pyridine rings is 1. The molecule has 0 saturated heterocycles. The van der Waals surface area contributed by atoms with Gasteiger partial charge in [-0.15, -0.1) is 0 Å². The fourth-order valence-electron chi connectivity index (χ4n) is 4.41. The molecule has 0 spiro atoms. The number of phenolic OH excluding ortho intramolecular Hbond substituents is 1. The standard InChI is InChI=1S/C30H28N4O4/c1-34(16-14-26(35)19-7-4-3-5-8-19)30(37)21-10-12-24-25(18-21)33-28(32-24)23-17-20(11-13-27(23)36)22-9-6-15-31-29(22)38-2/h3-13,15,17-18,26,35-36H,14,16H2,1-2H3,(H,32,33). The van der Waals surface area contributed by atoms with Gasteiger partial charge in [0.2, 0.25) is 5.88 Å². The zero-order chi connectivity index (χ0) is 26.6. The van der Waals surface area contributed by atoms with Gasteiger partial charge in [0, 0.05) is 30.9 Å². The number of hydrogen-bond acceptors (Lipinski definition) is 6. The number of nitrogens with one attached hydrogen (secondary N) is 1. The molecule has 0 aliphatic carbocycles. The van der Waals surface area contributed by atoms with Gasteiger partial charge in [0.1, 0.15) is 11.6 Å². The van der Waals surface area contributed by atoms with Crippen LogP contribution in [0.3, 0.4) is 0 Å². The fourth-order valence-corrected chi connectivity index (χ4v) is 4.41. The fraction of sp³-hybridized carbons (Fsp3) is 0.167. The molecule has 3 N–H and O–H groups in total. The van der Waals surface area contributed by atoms with Crippen molar-refractivity contribution in [2.45, 2.75) is 12.5 Å². The van der Waals surface area contributed by atoms with Crippen molar-refractivity contribution in [1.82, 2.24) is 19.9 Å². The zero-order valence-electron chi connectivity index (χ0n) is 21.1. The largest absolute Gasteiger partial charge is 0.507 e. The van der Waals surface area contributed by atoms with E-state index in [0.717, 1.165) is 22.2 Å². The van der Waals surface area contributed by atoms with Crippen molar-refractivity contribution < 1.29 is 19.7 Å². The Kier molecular flexibility index (Phi) is 7.06. The lowest BCUT2D eigenvalue weighted by Crippen LogP contribution is -2.28. The topological polar surface area (TPSA) is 112 Å². The Hall–Kier alpha value is -4.69. The molecule has 8 heteroatoms. The molecule has 1 amide bonds. The number of phenols is 1. The summed E-state index contributed by atoms with van der Waals surface area (Å²) in [5, 5.41) is 21.0. The Morgan fingerprint density at radius 2 is 1.84 bits per heavy atom. The predicted octanol–water partition coefficient (Wildman–Crippen LogP) is 5.20. The first kappa shape index (κ1) is 25.0. The molecule has 5 rings (SSSR count). The molecule has 0 saturated carbocycles. The summed E-state index contributed by atoms with van der Waals surface area (Å²) in [6, 6.07) is 23.6. The molecule has 5 aromatic rings. The van der Waals surface area contributed by atoms with Crippen LogP contribution in [0.1, 0.15) is 28.4 Å². The van der Waals surface area contributed by atoms with Crippen molar-refractivity contribution >= 4 is 16.9 Å². The molecule has 0 bridgehead atoms. The van der Waals surface area contributed by atoms with Gasteiger partial charge in [-0.25, -0.2) is 9.97 Å². The predicted molar refractivity (Wildman–Crippen MR) is 146 cm³/mol. The Bertz CT molecular complexity index is 1580. The number of nitrogens with zero attached hydrogens (tertiary/aromatic N) is 3. The van der Waals surface area contributed by atoms with Gasteiger partial charge in [-0.05, 0) is 60.0 Å². The highest BCUT2D eigenvalue weighted by atomic mass is 16.5. The number of benzene rings is 3. The number of methoxy groups -OCH3 is 1. The Morgan fingerprint density at radius 1 is 1.03 bits per heavy atom. The van der Waals surface area contributed by atoms with Crippen LogP contribution in [0, 0.1) is 0 Å². The van der Waals surface area contributed by atoms with Crippen molar-refractivity contribution in [1.29, 1.82) is 0 Å². The molecule has 2 heterocycles. The second-order valence-electron chi connectivity index (χ2n) is 9.05. The van der Waals surface area contributed by atoms with E-state index in [1.165, 1.54) is 0 Å². The number of carbonyl (C=O) groups excluding carboxylic acids is 1. The first-order valence-electron chi connectivity index (χ1n) is 12.3. The lowest BCUT2D eigenvalue weighted by Gasteiger charge is -2.19. The van der Waals surface area contributed by atoms with Crippen LogP contribution in [0.25, 0.3) is 33.5 Å². The minimum absolute atomic E-state index is 0.0728. The molecule has 8 nitrogen and oxygen atoms in total. The van der Waals surface area contributed by atoms with Crippen LogP contribution < -0.4 is 4.74 Å². The molecule has 0 aliphatic heterocycles. The number of aliphatic hydroxyl groups excluding tert-OH is 1. The summed E-state index contributed by atoms with van der Waals surface area (Å²) in [6.45, 7) is 0.400. The van der Waals surface area contributed by atoms with Crippen LogP contribution in [0.15, 0.2) is 85.1 Å². The number of carbonyl (C=O) groups is 1. The van der Waals surface area contributed by atoms with Crippen LogP contribution >= 0.6 is 0 Å². The normalized spacial score (nSPS) is 11.9. The molecule has 2 aromatic heterocycles. The van der Waals surface area contributed by atoms with Crippen LogP contribution in [0.2, 0.25) is 0 Å². The molecule has 192 valence electrons. The van der Waals surface area contributed by atoms with Gasteiger partial charge in [-0.1, -0.05) is 36.4 Å². The van der Waals surface area contributed by atoms with Crippen LogP contribution in [0.4, 0.5) is 0 Å². The summed E-state index contributed by atoms with van der Waals surface area (Å²) in [5.41, 5.74) is 4.79. The Morgan fingerprint density at radius 3 is 2.63 bits per heavy atom. The van der Waals surface area contributed by atoms with Crippen molar-refractivity contribution in [3.8, 4) is 34.1 Å². The third kappa shape index (κ3) is 5.07. The SMILES string of the molecule is COc1ncccc1-c1ccc(O)c(-c2nc3cc(C(=O)N(C)CCC(O)c4ccccc4)ccc3[nH]2)c1. The molecule has 0 fully saturated rings. The van der Waals surface area contributed by atoms with Gasteiger partial charge in [-0.2, -0.15) is 0 Å². The number of aromatic amines is 1. The number of imidazole rings is 1. The maximum atomic E-state index is 13.1. The average molecular weight is 509 g/mol. The van der Waals surface area contributed by atoms with E-state index in [0.29, 0.717) is 41.3 Å². The van der Waals surface area contributed by atoms with Crippen molar-refractivity contribution in [2.24, 2.45) is 0 Å². The second-order valence-corrected chi connectivity index (χ2v) is 9.05. The Labute approximate surface area is 220 Å². The first-order chi connectivity index (χ1) is 18.4. The number of fused-ring (bicyclic) bond motifs is 1. The van der Waals surface area contributed by atoms with Crippen LogP contribution in [-0.4, -0.2) is 56.7 Å². The maximum Gasteiger partial charge on any atom is 0.253 e. The molecule has 0 radical (unpaired) electrons. The third-order valence-electron chi connectivity index (χ3n) is 6.53.